The minimum absolute atomic E-state index is 0.288. The van der Waals surface area contributed by atoms with Crippen LogP contribution >= 0.6 is 0 Å². The molecule has 0 radical (unpaired) electrons. The summed E-state index contributed by atoms with van der Waals surface area (Å²) >= 11 is 0. The maximum absolute atomic E-state index is 5.89. The molecule has 0 aromatic heterocycles. The highest BCUT2D eigenvalue weighted by Gasteiger charge is 2.31. The molecular formula is C9H24N6. The van der Waals surface area contributed by atoms with E-state index in [0.29, 0.717) is 26.0 Å². The van der Waals surface area contributed by atoms with Gasteiger partial charge in [-0.05, 0) is 12.8 Å². The van der Waals surface area contributed by atoms with Crippen molar-refractivity contribution in [3.63, 3.8) is 0 Å². The standard InChI is InChI=1S/C9H24N6/c10-5-14(6-11)8-3-1-2-4-9(8)15(13)7-12/h8-9H,1-7,10-13H2. The Balaban J connectivity index is 2.63. The van der Waals surface area contributed by atoms with E-state index >= 15 is 0 Å². The van der Waals surface area contributed by atoms with Crippen LogP contribution in [-0.2, 0) is 0 Å². The quantitative estimate of drug-likeness (QED) is 0.253. The molecular weight excluding hydrogens is 192 g/mol. The minimum Gasteiger partial charge on any atom is -0.318 e. The van der Waals surface area contributed by atoms with E-state index in [9.17, 15) is 0 Å². The summed E-state index contributed by atoms with van der Waals surface area (Å²) in [6, 6.07) is 0.637. The SMILES string of the molecule is NCN(N)C1CCCCC1N(CN)CN. The molecule has 0 aromatic carbocycles. The zero-order chi connectivity index (χ0) is 11.3. The van der Waals surface area contributed by atoms with Gasteiger partial charge in [0, 0.05) is 25.4 Å². The molecule has 2 atom stereocenters. The van der Waals surface area contributed by atoms with E-state index in [1.807, 2.05) is 0 Å². The summed E-state index contributed by atoms with van der Waals surface area (Å²) in [7, 11) is 0. The van der Waals surface area contributed by atoms with Gasteiger partial charge in [0.05, 0.1) is 6.67 Å². The zero-order valence-corrected chi connectivity index (χ0v) is 9.31. The van der Waals surface area contributed by atoms with Crippen LogP contribution in [0.5, 0.6) is 0 Å². The van der Waals surface area contributed by atoms with Crippen molar-refractivity contribution < 1.29 is 0 Å². The number of hydrogen-bond acceptors (Lipinski definition) is 6. The lowest BCUT2D eigenvalue weighted by atomic mass is 9.89. The summed E-state index contributed by atoms with van der Waals surface area (Å²) in [6.07, 6.45) is 4.61. The molecule has 0 bridgehead atoms. The maximum Gasteiger partial charge on any atom is 0.0597 e. The summed E-state index contributed by atoms with van der Waals surface area (Å²) in [5, 5.41) is 1.71. The second-order valence-electron chi connectivity index (χ2n) is 4.07. The lowest BCUT2D eigenvalue weighted by Gasteiger charge is -2.42. The number of hydrazine groups is 1. The van der Waals surface area contributed by atoms with Crippen molar-refractivity contribution >= 4 is 0 Å². The van der Waals surface area contributed by atoms with Crippen molar-refractivity contribution in [2.45, 2.75) is 37.8 Å². The number of nitrogens with two attached hydrogens (primary N) is 4. The molecule has 2 unspecified atom stereocenters. The van der Waals surface area contributed by atoms with Gasteiger partial charge >= 0.3 is 0 Å². The highest BCUT2D eigenvalue weighted by molar-refractivity contribution is 4.87. The predicted molar refractivity (Wildman–Crippen MR) is 61.1 cm³/mol. The van der Waals surface area contributed by atoms with Crippen molar-refractivity contribution in [3.05, 3.63) is 0 Å². The third kappa shape index (κ3) is 3.10. The van der Waals surface area contributed by atoms with Crippen LogP contribution in [0.3, 0.4) is 0 Å². The van der Waals surface area contributed by atoms with Crippen molar-refractivity contribution in [2.24, 2.45) is 23.0 Å². The van der Waals surface area contributed by atoms with E-state index in [0.717, 1.165) is 12.8 Å². The first-order valence-electron chi connectivity index (χ1n) is 5.60. The lowest BCUT2D eigenvalue weighted by molar-refractivity contribution is 0.0510. The monoisotopic (exact) mass is 216 g/mol. The number of hydrogen-bond donors (Lipinski definition) is 4. The summed E-state index contributed by atoms with van der Waals surface area (Å²) < 4.78 is 0. The van der Waals surface area contributed by atoms with E-state index in [-0.39, 0.29) is 6.04 Å². The average Bonchev–Trinajstić information content (AvgIpc) is 2.30. The molecule has 1 rings (SSSR count). The Bertz CT molecular complexity index is 172. The zero-order valence-electron chi connectivity index (χ0n) is 9.31. The van der Waals surface area contributed by atoms with Crippen LogP contribution in [0, 0.1) is 0 Å². The largest absolute Gasteiger partial charge is 0.318 e. The lowest BCUT2D eigenvalue weighted by Crippen LogP contribution is -2.59. The van der Waals surface area contributed by atoms with Gasteiger partial charge in [-0.2, -0.15) is 0 Å². The van der Waals surface area contributed by atoms with Crippen LogP contribution in [-0.4, -0.2) is 42.0 Å². The minimum atomic E-state index is 0.288. The molecule has 15 heavy (non-hydrogen) atoms. The second kappa shape index (κ2) is 6.37. The highest BCUT2D eigenvalue weighted by Crippen LogP contribution is 2.24. The molecule has 1 aliphatic carbocycles. The van der Waals surface area contributed by atoms with Gasteiger partial charge in [-0.3, -0.25) is 10.7 Å². The first kappa shape index (κ1) is 12.8. The van der Waals surface area contributed by atoms with Crippen molar-refractivity contribution in [1.29, 1.82) is 0 Å². The fourth-order valence-electron chi connectivity index (χ4n) is 2.39. The Morgan fingerprint density at radius 3 is 1.87 bits per heavy atom. The van der Waals surface area contributed by atoms with Gasteiger partial charge in [0.1, 0.15) is 0 Å². The molecule has 1 saturated carbocycles. The average molecular weight is 216 g/mol. The van der Waals surface area contributed by atoms with Gasteiger partial charge < -0.3 is 17.2 Å². The van der Waals surface area contributed by atoms with Crippen LogP contribution < -0.4 is 23.0 Å². The van der Waals surface area contributed by atoms with Gasteiger partial charge in [-0.25, -0.2) is 5.01 Å². The Morgan fingerprint density at radius 2 is 1.40 bits per heavy atom. The first-order valence-corrected chi connectivity index (χ1v) is 5.60. The van der Waals surface area contributed by atoms with Crippen molar-refractivity contribution in [1.82, 2.24) is 9.91 Å². The molecule has 6 nitrogen and oxygen atoms in total. The molecule has 0 amide bonds. The van der Waals surface area contributed by atoms with Crippen LogP contribution in [0.1, 0.15) is 25.7 Å². The molecule has 0 aliphatic heterocycles. The summed E-state index contributed by atoms with van der Waals surface area (Å²) in [5.41, 5.74) is 16.9. The third-order valence-corrected chi connectivity index (χ3v) is 3.27. The molecule has 0 heterocycles. The molecule has 6 heteroatoms. The Kier molecular flexibility index (Phi) is 5.44. The Hall–Kier alpha value is -0.240. The number of nitrogens with zero attached hydrogens (tertiary/aromatic N) is 2. The normalized spacial score (nSPS) is 27.6. The first-order chi connectivity index (χ1) is 7.24. The fourth-order valence-corrected chi connectivity index (χ4v) is 2.39. The second-order valence-corrected chi connectivity index (χ2v) is 4.07. The molecule has 90 valence electrons. The van der Waals surface area contributed by atoms with Gasteiger partial charge in [-0.1, -0.05) is 12.8 Å². The van der Waals surface area contributed by atoms with Crippen molar-refractivity contribution in [2.75, 3.05) is 20.0 Å². The van der Waals surface area contributed by atoms with E-state index in [2.05, 4.69) is 4.90 Å². The maximum atomic E-state index is 5.89. The van der Waals surface area contributed by atoms with Gasteiger partial charge in [0.15, 0.2) is 0 Å². The summed E-state index contributed by atoms with van der Waals surface area (Å²) in [5.74, 6) is 5.89. The fraction of sp³-hybridized carbons (Fsp3) is 1.00. The molecule has 0 aromatic rings. The topological polar surface area (TPSA) is 111 Å². The highest BCUT2D eigenvalue weighted by atomic mass is 15.5. The van der Waals surface area contributed by atoms with Crippen LogP contribution in [0.15, 0.2) is 0 Å². The van der Waals surface area contributed by atoms with E-state index < -0.39 is 0 Å². The van der Waals surface area contributed by atoms with E-state index in [1.165, 1.54) is 12.8 Å². The molecule has 1 fully saturated rings. The smallest absolute Gasteiger partial charge is 0.0597 e. The van der Waals surface area contributed by atoms with Gasteiger partial charge in [-0.15, -0.1) is 0 Å². The van der Waals surface area contributed by atoms with Crippen molar-refractivity contribution in [3.8, 4) is 0 Å². The molecule has 0 spiro atoms. The number of rotatable bonds is 5. The van der Waals surface area contributed by atoms with Crippen LogP contribution in [0.25, 0.3) is 0 Å². The molecule has 8 N–H and O–H groups in total. The van der Waals surface area contributed by atoms with Gasteiger partial charge in [0.2, 0.25) is 0 Å². The van der Waals surface area contributed by atoms with Gasteiger partial charge in [0.25, 0.3) is 0 Å². The third-order valence-electron chi connectivity index (χ3n) is 3.27. The summed E-state index contributed by atoms with van der Waals surface area (Å²) in [6.45, 7) is 1.34. The Labute approximate surface area is 91.5 Å². The van der Waals surface area contributed by atoms with Crippen LogP contribution in [0.2, 0.25) is 0 Å². The predicted octanol–water partition coefficient (Wildman–Crippen LogP) is -1.48. The Morgan fingerprint density at radius 1 is 0.867 bits per heavy atom. The van der Waals surface area contributed by atoms with E-state index in [1.54, 1.807) is 5.01 Å². The molecule has 1 aliphatic rings. The van der Waals surface area contributed by atoms with Crippen LogP contribution in [0.4, 0.5) is 0 Å². The van der Waals surface area contributed by atoms with E-state index in [4.69, 9.17) is 23.0 Å². The molecule has 0 saturated heterocycles. The summed E-state index contributed by atoms with van der Waals surface area (Å²) in [4.78, 5) is 2.07.